The van der Waals surface area contributed by atoms with Crippen LogP contribution in [0.5, 0.6) is 0 Å². The molecule has 0 aromatic heterocycles. The molecule has 1 aliphatic heterocycles. The lowest BCUT2D eigenvalue weighted by molar-refractivity contribution is 0.329. The van der Waals surface area contributed by atoms with Crippen LogP contribution in [0.15, 0.2) is 24.3 Å². The quantitative estimate of drug-likeness (QED) is 0.449. The van der Waals surface area contributed by atoms with Gasteiger partial charge in [-0.2, -0.15) is 0 Å². The fourth-order valence-corrected chi connectivity index (χ4v) is 1.19. The Morgan fingerprint density at radius 3 is 2.42 bits per heavy atom. The van der Waals surface area contributed by atoms with Gasteiger partial charge in [-0.15, -0.1) is 6.42 Å². The summed E-state index contributed by atoms with van der Waals surface area (Å²) in [4.78, 5) is 0. The van der Waals surface area contributed by atoms with E-state index in [-0.39, 0.29) is 5.60 Å². The molecule has 2 rings (SSSR count). The van der Waals surface area contributed by atoms with Crippen molar-refractivity contribution in [1.82, 2.24) is 0 Å². The molecule has 1 heterocycles. The summed E-state index contributed by atoms with van der Waals surface area (Å²) >= 11 is 0. The molecule has 1 fully saturated rings. The van der Waals surface area contributed by atoms with Crippen molar-refractivity contribution in [3.63, 3.8) is 0 Å². The van der Waals surface area contributed by atoms with Gasteiger partial charge in [-0.3, -0.25) is 0 Å². The summed E-state index contributed by atoms with van der Waals surface area (Å²) in [5.41, 5.74) is 2.09. The lowest BCUT2D eigenvalue weighted by Gasteiger charge is -2.04. The van der Waals surface area contributed by atoms with Crippen LogP contribution in [0.4, 0.5) is 0 Å². The second-order valence-electron chi connectivity index (χ2n) is 3.24. The van der Waals surface area contributed by atoms with E-state index in [1.54, 1.807) is 0 Å². The second-order valence-corrected chi connectivity index (χ2v) is 3.24. The third kappa shape index (κ3) is 1.11. The zero-order valence-electron chi connectivity index (χ0n) is 7.00. The maximum atomic E-state index is 5.30. The molecule has 1 saturated heterocycles. The number of hydrogen-bond donors (Lipinski definition) is 0. The van der Waals surface area contributed by atoms with Crippen molar-refractivity contribution in [2.24, 2.45) is 0 Å². The van der Waals surface area contributed by atoms with Gasteiger partial charge in [0.25, 0.3) is 0 Å². The van der Waals surface area contributed by atoms with Crippen molar-refractivity contribution >= 4 is 0 Å². The predicted molar refractivity (Wildman–Crippen MR) is 47.7 cm³/mol. The van der Waals surface area contributed by atoms with Gasteiger partial charge >= 0.3 is 0 Å². The minimum atomic E-state index is -0.0346. The molecule has 0 radical (unpaired) electrons. The highest BCUT2D eigenvalue weighted by atomic mass is 16.6. The summed E-state index contributed by atoms with van der Waals surface area (Å²) in [6.45, 7) is 2.90. The van der Waals surface area contributed by atoms with E-state index in [1.165, 1.54) is 5.56 Å². The van der Waals surface area contributed by atoms with Gasteiger partial charge in [0, 0.05) is 5.56 Å². The molecule has 0 saturated carbocycles. The van der Waals surface area contributed by atoms with E-state index in [2.05, 4.69) is 12.8 Å². The van der Waals surface area contributed by atoms with Crippen LogP contribution in [0.2, 0.25) is 0 Å². The lowest BCUT2D eigenvalue weighted by atomic mass is 10.0. The Labute approximate surface area is 72.4 Å². The van der Waals surface area contributed by atoms with Gasteiger partial charge in [0.2, 0.25) is 0 Å². The monoisotopic (exact) mass is 158 g/mol. The summed E-state index contributed by atoms with van der Waals surface area (Å²) in [6, 6.07) is 7.95. The summed E-state index contributed by atoms with van der Waals surface area (Å²) < 4.78 is 5.30. The summed E-state index contributed by atoms with van der Waals surface area (Å²) in [5.74, 6) is 2.59. The third-order valence-electron chi connectivity index (χ3n) is 2.24. The van der Waals surface area contributed by atoms with Crippen LogP contribution in [-0.2, 0) is 10.3 Å². The largest absolute Gasteiger partial charge is 0.365 e. The van der Waals surface area contributed by atoms with Crippen LogP contribution in [0, 0.1) is 12.3 Å². The van der Waals surface area contributed by atoms with Crippen molar-refractivity contribution in [1.29, 1.82) is 0 Å². The predicted octanol–water partition coefficient (Wildman–Crippen LogP) is 1.91. The van der Waals surface area contributed by atoms with Crippen LogP contribution in [0.3, 0.4) is 0 Å². The number of hydrogen-bond acceptors (Lipinski definition) is 1. The minimum absolute atomic E-state index is 0.0346. The van der Waals surface area contributed by atoms with E-state index in [4.69, 9.17) is 11.2 Å². The van der Waals surface area contributed by atoms with Crippen molar-refractivity contribution in [3.8, 4) is 12.3 Å². The third-order valence-corrected chi connectivity index (χ3v) is 2.24. The summed E-state index contributed by atoms with van der Waals surface area (Å²) in [6.07, 6.45) is 5.24. The Kier molecular flexibility index (Phi) is 1.46. The molecular weight excluding hydrogens is 148 g/mol. The van der Waals surface area contributed by atoms with Gasteiger partial charge in [-0.05, 0) is 24.6 Å². The van der Waals surface area contributed by atoms with Gasteiger partial charge < -0.3 is 4.74 Å². The van der Waals surface area contributed by atoms with Crippen LogP contribution in [-0.4, -0.2) is 6.61 Å². The molecule has 0 aliphatic carbocycles. The molecule has 1 heteroatoms. The van der Waals surface area contributed by atoms with Gasteiger partial charge in [0.05, 0.1) is 6.61 Å². The average molecular weight is 158 g/mol. The second kappa shape index (κ2) is 2.36. The number of terminal acetylenes is 1. The van der Waals surface area contributed by atoms with E-state index in [0.29, 0.717) is 0 Å². The smallest absolute Gasteiger partial charge is 0.114 e. The van der Waals surface area contributed by atoms with E-state index in [0.717, 1.165) is 12.2 Å². The number of benzene rings is 1. The van der Waals surface area contributed by atoms with Crippen LogP contribution < -0.4 is 0 Å². The maximum absolute atomic E-state index is 5.30. The molecular formula is C11H10O. The number of rotatable bonds is 1. The first-order valence-corrected chi connectivity index (χ1v) is 3.96. The average Bonchev–Trinajstić information content (AvgIpc) is 2.85. The fourth-order valence-electron chi connectivity index (χ4n) is 1.19. The zero-order valence-corrected chi connectivity index (χ0v) is 7.00. The van der Waals surface area contributed by atoms with E-state index < -0.39 is 0 Å². The van der Waals surface area contributed by atoms with Gasteiger partial charge in [-0.25, -0.2) is 0 Å². The number of epoxide rings is 1. The van der Waals surface area contributed by atoms with Gasteiger partial charge in [0.15, 0.2) is 0 Å². The number of ether oxygens (including phenoxy) is 1. The Morgan fingerprint density at radius 1 is 1.42 bits per heavy atom. The van der Waals surface area contributed by atoms with Crippen molar-refractivity contribution in [3.05, 3.63) is 35.4 Å². The van der Waals surface area contributed by atoms with Crippen molar-refractivity contribution in [2.75, 3.05) is 6.61 Å². The Morgan fingerprint density at radius 2 is 2.00 bits per heavy atom. The molecule has 0 bridgehead atoms. The first-order chi connectivity index (χ1) is 5.74. The highest BCUT2D eigenvalue weighted by Crippen LogP contribution is 2.37. The molecule has 1 atom stereocenters. The minimum Gasteiger partial charge on any atom is -0.365 e. The molecule has 0 amide bonds. The zero-order chi connectivity index (χ0) is 8.60. The Balaban J connectivity index is 2.32. The van der Waals surface area contributed by atoms with E-state index in [1.807, 2.05) is 24.3 Å². The maximum Gasteiger partial charge on any atom is 0.114 e. The molecule has 0 N–H and O–H groups in total. The first-order valence-electron chi connectivity index (χ1n) is 3.96. The molecule has 1 aromatic carbocycles. The topological polar surface area (TPSA) is 12.5 Å². The molecule has 1 unspecified atom stereocenters. The standard InChI is InChI=1S/C11H10O/c1-3-9-4-6-10(7-5-9)11(2)8-12-11/h1,4-7H,8H2,2H3. The normalized spacial score (nSPS) is 26.3. The fraction of sp³-hybridized carbons (Fsp3) is 0.273. The highest BCUT2D eigenvalue weighted by Gasteiger charge is 2.40. The summed E-state index contributed by atoms with van der Waals surface area (Å²) in [7, 11) is 0. The first kappa shape index (κ1) is 7.39. The van der Waals surface area contributed by atoms with E-state index in [9.17, 15) is 0 Å². The van der Waals surface area contributed by atoms with Gasteiger partial charge in [-0.1, -0.05) is 18.1 Å². The molecule has 12 heavy (non-hydrogen) atoms. The van der Waals surface area contributed by atoms with Crippen molar-refractivity contribution < 1.29 is 4.74 Å². The molecule has 1 aliphatic rings. The Hall–Kier alpha value is -1.26. The van der Waals surface area contributed by atoms with Crippen LogP contribution >= 0.6 is 0 Å². The molecule has 0 spiro atoms. The van der Waals surface area contributed by atoms with Gasteiger partial charge in [0.1, 0.15) is 5.60 Å². The van der Waals surface area contributed by atoms with Crippen LogP contribution in [0.1, 0.15) is 18.1 Å². The summed E-state index contributed by atoms with van der Waals surface area (Å²) in [5, 5.41) is 0. The SMILES string of the molecule is C#Cc1ccc(C2(C)CO2)cc1. The lowest BCUT2D eigenvalue weighted by Crippen LogP contribution is -2.00. The molecule has 1 nitrogen and oxygen atoms in total. The van der Waals surface area contributed by atoms with Crippen molar-refractivity contribution in [2.45, 2.75) is 12.5 Å². The van der Waals surface area contributed by atoms with Crippen LogP contribution in [0.25, 0.3) is 0 Å². The Bertz CT molecular complexity index is 325. The van der Waals surface area contributed by atoms with E-state index >= 15 is 0 Å². The molecule has 60 valence electrons. The molecule has 1 aromatic rings. The highest BCUT2D eigenvalue weighted by molar-refractivity contribution is 5.37.